The van der Waals surface area contributed by atoms with E-state index in [0.29, 0.717) is 24.5 Å². The van der Waals surface area contributed by atoms with Crippen molar-refractivity contribution in [3.05, 3.63) is 35.4 Å². The lowest BCUT2D eigenvalue weighted by molar-refractivity contribution is -0.192. The summed E-state index contributed by atoms with van der Waals surface area (Å²) in [4.78, 5) is 31.2. The molecule has 1 aliphatic rings. The van der Waals surface area contributed by atoms with Crippen molar-refractivity contribution in [1.29, 1.82) is 0 Å². The van der Waals surface area contributed by atoms with Gasteiger partial charge < -0.3 is 15.5 Å². The Labute approximate surface area is 186 Å². The highest BCUT2D eigenvalue weighted by Gasteiger charge is 2.44. The van der Waals surface area contributed by atoms with Crippen LogP contribution in [0.5, 0.6) is 0 Å². The minimum atomic E-state index is -5.08. The maximum atomic E-state index is 12.5. The zero-order chi connectivity index (χ0) is 24.5. The van der Waals surface area contributed by atoms with E-state index < -0.39 is 29.9 Å². The van der Waals surface area contributed by atoms with Crippen molar-refractivity contribution < 1.29 is 50.9 Å². The van der Waals surface area contributed by atoms with E-state index >= 15 is 0 Å². The topological polar surface area (TPSA) is 104 Å². The van der Waals surface area contributed by atoms with Gasteiger partial charge in [0, 0.05) is 24.0 Å². The lowest BCUT2D eigenvalue weighted by Gasteiger charge is -2.08. The average Bonchev–Trinajstić information content (AvgIpc) is 3.47. The number of rotatable bonds is 9. The summed E-state index contributed by atoms with van der Waals surface area (Å²) in [6.45, 7) is 0.486. The summed E-state index contributed by atoms with van der Waals surface area (Å²) in [5, 5.41) is 18.4. The van der Waals surface area contributed by atoms with Gasteiger partial charge in [0.2, 0.25) is 5.91 Å². The van der Waals surface area contributed by atoms with Gasteiger partial charge in [0.1, 0.15) is 0 Å². The van der Waals surface area contributed by atoms with Crippen LogP contribution >= 0.6 is 21.6 Å². The van der Waals surface area contributed by atoms with Crippen molar-refractivity contribution in [2.45, 2.75) is 31.1 Å². The minimum Gasteiger partial charge on any atom is -0.481 e. The highest BCUT2D eigenvalue weighted by molar-refractivity contribution is 8.76. The van der Waals surface area contributed by atoms with Crippen LogP contribution in [0.3, 0.4) is 0 Å². The Morgan fingerprint density at radius 3 is 1.97 bits per heavy atom. The second-order valence-electron chi connectivity index (χ2n) is 6.45. The van der Waals surface area contributed by atoms with Gasteiger partial charge in [0.25, 0.3) is 0 Å². The van der Waals surface area contributed by atoms with Gasteiger partial charge in [0.15, 0.2) is 0 Å². The van der Waals surface area contributed by atoms with Crippen molar-refractivity contribution >= 4 is 39.4 Å². The van der Waals surface area contributed by atoms with Crippen LogP contribution < -0.4 is 5.32 Å². The first-order valence-electron chi connectivity index (χ1n) is 8.94. The highest BCUT2D eigenvalue weighted by Crippen LogP contribution is 2.48. The Hall–Kier alpha value is -2.09. The molecule has 0 saturated heterocycles. The van der Waals surface area contributed by atoms with E-state index in [1.807, 2.05) is 0 Å². The minimum absolute atomic E-state index is 0.0140. The number of benzene rings is 1. The highest BCUT2D eigenvalue weighted by atomic mass is 33.1. The summed E-state index contributed by atoms with van der Waals surface area (Å²) in [6.07, 6.45) is -8.67. The Bertz CT molecular complexity index is 786. The Morgan fingerprint density at radius 2 is 1.50 bits per heavy atom. The number of carbonyl (C=O) groups excluding carboxylic acids is 1. The lowest BCUT2D eigenvalue weighted by Crippen LogP contribution is -2.27. The number of carboxylic acid groups (broad SMARTS) is 2. The van der Waals surface area contributed by atoms with Crippen LogP contribution in [0.1, 0.15) is 29.9 Å². The molecule has 2 atom stereocenters. The molecule has 14 heteroatoms. The number of nitrogens with one attached hydrogen (secondary N) is 1. The zero-order valence-electron chi connectivity index (χ0n) is 16.2. The molecule has 1 saturated carbocycles. The number of carboxylic acids is 2. The second kappa shape index (κ2) is 12.2. The predicted octanol–water partition coefficient (Wildman–Crippen LogP) is 4.41. The maximum absolute atomic E-state index is 12.5. The van der Waals surface area contributed by atoms with Crippen LogP contribution in [0, 0.1) is 5.92 Å². The third kappa shape index (κ3) is 10.5. The van der Waals surface area contributed by atoms with Crippen LogP contribution in [-0.2, 0) is 20.6 Å². The largest absolute Gasteiger partial charge is 0.490 e. The molecule has 0 bridgehead atoms. The fraction of sp³-hybridized carbons (Fsp3) is 0.500. The van der Waals surface area contributed by atoms with E-state index in [9.17, 15) is 35.9 Å². The molecule has 6 nitrogen and oxygen atoms in total. The normalized spacial score (nSPS) is 17.7. The van der Waals surface area contributed by atoms with Crippen LogP contribution in [0.2, 0.25) is 0 Å². The van der Waals surface area contributed by atoms with E-state index in [2.05, 4.69) is 5.32 Å². The number of hydrogen-bond donors (Lipinski definition) is 3. The number of hydrogen-bond acceptors (Lipinski definition) is 5. The van der Waals surface area contributed by atoms with Crippen LogP contribution in [0.4, 0.5) is 26.3 Å². The molecular formula is C18H19F6NO5S2. The van der Waals surface area contributed by atoms with E-state index in [0.717, 1.165) is 17.7 Å². The average molecular weight is 507 g/mol. The molecule has 0 unspecified atom stereocenters. The summed E-state index contributed by atoms with van der Waals surface area (Å²) in [6, 6.07) is 4.98. The van der Waals surface area contributed by atoms with Crippen molar-refractivity contribution in [3.8, 4) is 0 Å². The Kier molecular flexibility index (Phi) is 10.7. The summed E-state index contributed by atoms with van der Waals surface area (Å²) < 4.78 is 69.3. The first kappa shape index (κ1) is 27.9. The van der Waals surface area contributed by atoms with Gasteiger partial charge in [-0.05, 0) is 30.0 Å². The van der Waals surface area contributed by atoms with E-state index in [1.165, 1.54) is 33.7 Å². The van der Waals surface area contributed by atoms with Crippen LogP contribution in [0.25, 0.3) is 0 Å². The number of halogens is 6. The third-order valence-electron chi connectivity index (χ3n) is 4.00. The van der Waals surface area contributed by atoms with Crippen LogP contribution in [0.15, 0.2) is 24.3 Å². The standard InChI is InChI=1S/C16H18F3NO3S2.C2HF3O2/c17-16(18,19)11-3-1-10(2-4-11)12-9-13(12)15(23)20-6-8-25-24-7-5-14(21)22;3-2(4,5)1(6)7/h1-4,12-13H,5-9H2,(H,20,23)(H,21,22);(H,6,7)/t12-,13+;/m0./s1. The molecule has 1 aromatic rings. The van der Waals surface area contributed by atoms with Gasteiger partial charge >= 0.3 is 24.3 Å². The van der Waals surface area contributed by atoms with Crippen LogP contribution in [-0.4, -0.2) is 52.3 Å². The third-order valence-corrected chi connectivity index (χ3v) is 6.41. The zero-order valence-corrected chi connectivity index (χ0v) is 17.8. The molecular weight excluding hydrogens is 488 g/mol. The molecule has 180 valence electrons. The van der Waals surface area contributed by atoms with E-state index in [4.69, 9.17) is 15.0 Å². The Balaban J connectivity index is 0.000000633. The van der Waals surface area contributed by atoms with Crippen molar-refractivity contribution in [2.75, 3.05) is 18.1 Å². The van der Waals surface area contributed by atoms with E-state index in [-0.39, 0.29) is 24.2 Å². The maximum Gasteiger partial charge on any atom is 0.490 e. The van der Waals surface area contributed by atoms with E-state index in [1.54, 1.807) is 0 Å². The van der Waals surface area contributed by atoms with Gasteiger partial charge in [-0.3, -0.25) is 9.59 Å². The first-order chi connectivity index (χ1) is 14.7. The van der Waals surface area contributed by atoms with Gasteiger partial charge in [-0.25, -0.2) is 4.79 Å². The molecule has 1 amide bonds. The predicted molar refractivity (Wildman–Crippen MR) is 106 cm³/mol. The smallest absolute Gasteiger partial charge is 0.481 e. The molecule has 32 heavy (non-hydrogen) atoms. The number of amides is 1. The molecule has 0 aromatic heterocycles. The lowest BCUT2D eigenvalue weighted by atomic mass is 10.1. The number of alkyl halides is 6. The molecule has 1 aromatic carbocycles. The molecule has 1 fully saturated rings. The second-order valence-corrected chi connectivity index (χ2v) is 9.15. The number of aliphatic carboxylic acids is 2. The summed E-state index contributed by atoms with van der Waals surface area (Å²) in [5.41, 5.74) is 0.0714. The van der Waals surface area contributed by atoms with Crippen molar-refractivity contribution in [1.82, 2.24) is 5.32 Å². The molecule has 1 aliphatic carbocycles. The monoisotopic (exact) mass is 507 g/mol. The SMILES string of the molecule is O=C(O)C(F)(F)F.O=C(O)CCSSCCNC(=O)[C@@H]1C[C@H]1c1ccc(C(F)(F)F)cc1. The molecule has 0 aliphatic heterocycles. The molecule has 2 rings (SSSR count). The van der Waals surface area contributed by atoms with Gasteiger partial charge in [0.05, 0.1) is 12.0 Å². The molecule has 3 N–H and O–H groups in total. The summed E-state index contributed by atoms with van der Waals surface area (Å²) >= 11 is 0. The summed E-state index contributed by atoms with van der Waals surface area (Å²) in [7, 11) is 2.95. The van der Waals surface area contributed by atoms with Gasteiger partial charge in [-0.15, -0.1) is 0 Å². The fourth-order valence-corrected chi connectivity index (χ4v) is 4.25. The molecule has 0 heterocycles. The number of carbonyl (C=O) groups is 3. The molecule has 0 spiro atoms. The Morgan fingerprint density at radius 1 is 0.969 bits per heavy atom. The fourth-order valence-electron chi connectivity index (χ4n) is 2.37. The first-order valence-corrected chi connectivity index (χ1v) is 11.4. The van der Waals surface area contributed by atoms with Gasteiger partial charge in [-0.2, -0.15) is 26.3 Å². The van der Waals surface area contributed by atoms with Gasteiger partial charge in [-0.1, -0.05) is 33.7 Å². The quantitative estimate of drug-likeness (QED) is 0.258. The molecule has 0 radical (unpaired) electrons. The van der Waals surface area contributed by atoms with Crippen molar-refractivity contribution in [3.63, 3.8) is 0 Å². The summed E-state index contributed by atoms with van der Waals surface area (Å²) in [5.74, 6) is -2.67. The van der Waals surface area contributed by atoms with Crippen molar-refractivity contribution in [2.24, 2.45) is 5.92 Å².